The van der Waals surface area contributed by atoms with Crippen LogP contribution in [-0.2, 0) is 18.9 Å². The smallest absolute Gasteiger partial charge is 0.332 e. The van der Waals surface area contributed by atoms with E-state index in [0.29, 0.717) is 11.4 Å². The number of fused-ring (bicyclic) bond motifs is 1. The summed E-state index contributed by atoms with van der Waals surface area (Å²) >= 11 is 0. The lowest BCUT2D eigenvalue weighted by Gasteiger charge is -2.15. The summed E-state index contributed by atoms with van der Waals surface area (Å²) in [6.07, 6.45) is 0.656. The molecule has 2 heterocycles. The molecule has 1 unspecified atom stereocenters. The molecule has 1 N–H and O–H groups in total. The number of hydrogen-bond donors (Lipinski definition) is 1. The van der Waals surface area contributed by atoms with Crippen LogP contribution in [0.1, 0.15) is 12.5 Å². The lowest BCUT2D eigenvalue weighted by molar-refractivity contribution is -0.122. The summed E-state index contributed by atoms with van der Waals surface area (Å²) in [5.74, 6) is 0.220. The van der Waals surface area contributed by atoms with Gasteiger partial charge in [-0.2, -0.15) is 0 Å². The zero-order chi connectivity index (χ0) is 19.7. The molecule has 8 heteroatoms. The molecule has 8 nitrogen and oxygen atoms in total. The predicted molar refractivity (Wildman–Crippen MR) is 102 cm³/mol. The number of pyridine rings is 1. The van der Waals surface area contributed by atoms with E-state index < -0.39 is 17.4 Å². The summed E-state index contributed by atoms with van der Waals surface area (Å²) in [7, 11) is 2.93. The first-order valence-corrected chi connectivity index (χ1v) is 8.38. The van der Waals surface area contributed by atoms with Crippen LogP contribution in [0.15, 0.2) is 46.1 Å². The second-order valence-electron chi connectivity index (χ2n) is 6.37. The molecule has 0 bridgehead atoms. The molecule has 1 atom stereocenters. The van der Waals surface area contributed by atoms with Crippen LogP contribution in [0.5, 0.6) is 5.75 Å². The topological polar surface area (TPSA) is 95.2 Å². The number of ether oxygens (including phenoxy) is 1. The minimum atomic E-state index is -0.745. The van der Waals surface area contributed by atoms with Crippen molar-refractivity contribution in [3.63, 3.8) is 0 Å². The van der Waals surface area contributed by atoms with Gasteiger partial charge >= 0.3 is 5.69 Å². The van der Waals surface area contributed by atoms with Gasteiger partial charge in [0.25, 0.3) is 11.5 Å². The Bertz CT molecular complexity index is 1150. The monoisotopic (exact) mass is 368 g/mol. The Hall–Kier alpha value is -3.42. The van der Waals surface area contributed by atoms with E-state index in [1.807, 2.05) is 25.1 Å². The highest BCUT2D eigenvalue weighted by Crippen LogP contribution is 2.16. The molecule has 1 amide bonds. The zero-order valence-electron chi connectivity index (χ0n) is 15.5. The van der Waals surface area contributed by atoms with Crippen LogP contribution >= 0.6 is 0 Å². The number of rotatable bonds is 4. The summed E-state index contributed by atoms with van der Waals surface area (Å²) in [6, 6.07) is 8.90. The molecule has 0 spiro atoms. The number of aromatic nitrogens is 3. The first-order chi connectivity index (χ1) is 12.8. The number of aryl methyl sites for hydroxylation is 2. The number of carbonyl (C=O) groups is 1. The molecule has 140 valence electrons. The number of nitrogens with one attached hydrogen (secondary N) is 1. The molecule has 0 radical (unpaired) electrons. The summed E-state index contributed by atoms with van der Waals surface area (Å²) in [6.45, 7) is 3.57. The van der Waals surface area contributed by atoms with E-state index in [4.69, 9.17) is 4.74 Å². The van der Waals surface area contributed by atoms with Gasteiger partial charge in [-0.05, 0) is 37.6 Å². The maximum atomic E-state index is 12.4. The van der Waals surface area contributed by atoms with E-state index in [1.54, 1.807) is 13.0 Å². The van der Waals surface area contributed by atoms with E-state index in [9.17, 15) is 14.4 Å². The van der Waals surface area contributed by atoms with Gasteiger partial charge in [0.2, 0.25) is 0 Å². The number of benzene rings is 1. The minimum Gasteiger partial charge on any atom is -0.481 e. The number of carbonyl (C=O) groups excluding carboxylic acids is 1. The first-order valence-electron chi connectivity index (χ1n) is 8.38. The molecule has 0 aliphatic carbocycles. The fourth-order valence-electron chi connectivity index (χ4n) is 2.72. The minimum absolute atomic E-state index is 0.240. The normalized spacial score (nSPS) is 12.0. The molecule has 3 aromatic rings. The van der Waals surface area contributed by atoms with E-state index in [1.165, 1.54) is 30.9 Å². The van der Waals surface area contributed by atoms with Gasteiger partial charge in [-0.15, -0.1) is 0 Å². The van der Waals surface area contributed by atoms with Gasteiger partial charge in [0.1, 0.15) is 11.4 Å². The summed E-state index contributed by atoms with van der Waals surface area (Å²) in [5.41, 5.74) is 0.700. The van der Waals surface area contributed by atoms with E-state index in [-0.39, 0.29) is 16.9 Å². The Kier molecular flexibility index (Phi) is 4.81. The predicted octanol–water partition coefficient (Wildman–Crippen LogP) is 1.35. The standard InChI is InChI=1S/C19H20N4O4/c1-11-6-5-7-14(8-11)27-12(2)17(24)21-13-9-15-16(20-10-13)22(3)19(26)23(4)18(15)25/h5-10,12H,1-4H3,(H,21,24). The Morgan fingerprint density at radius 2 is 1.93 bits per heavy atom. The highest BCUT2D eigenvalue weighted by Gasteiger charge is 2.16. The van der Waals surface area contributed by atoms with Crippen molar-refractivity contribution in [3.8, 4) is 5.75 Å². The van der Waals surface area contributed by atoms with Crippen molar-refractivity contribution in [2.24, 2.45) is 14.1 Å². The maximum absolute atomic E-state index is 12.4. The molecule has 0 aliphatic rings. The molecule has 0 saturated carbocycles. The van der Waals surface area contributed by atoms with Gasteiger partial charge in [-0.25, -0.2) is 9.78 Å². The molecule has 27 heavy (non-hydrogen) atoms. The quantitative estimate of drug-likeness (QED) is 0.750. The molecular weight excluding hydrogens is 348 g/mol. The first kappa shape index (κ1) is 18.4. The van der Waals surface area contributed by atoms with Crippen LogP contribution in [0.4, 0.5) is 5.69 Å². The third kappa shape index (κ3) is 3.59. The van der Waals surface area contributed by atoms with E-state index >= 15 is 0 Å². The van der Waals surface area contributed by atoms with Crippen LogP contribution in [0.25, 0.3) is 11.0 Å². The lowest BCUT2D eigenvalue weighted by atomic mass is 10.2. The average molecular weight is 368 g/mol. The number of amides is 1. The molecule has 3 rings (SSSR count). The van der Waals surface area contributed by atoms with Crippen molar-refractivity contribution < 1.29 is 9.53 Å². The Labute approximate surface area is 155 Å². The highest BCUT2D eigenvalue weighted by molar-refractivity contribution is 5.95. The van der Waals surface area contributed by atoms with Crippen molar-refractivity contribution >= 4 is 22.6 Å². The Balaban J connectivity index is 1.85. The molecule has 0 aliphatic heterocycles. The lowest BCUT2D eigenvalue weighted by Crippen LogP contribution is -2.37. The molecule has 1 aromatic carbocycles. The molecule has 0 fully saturated rings. The fraction of sp³-hybridized carbons (Fsp3) is 0.263. The van der Waals surface area contributed by atoms with Crippen molar-refractivity contribution in [2.75, 3.05) is 5.32 Å². The fourth-order valence-corrected chi connectivity index (χ4v) is 2.72. The summed E-state index contributed by atoms with van der Waals surface area (Å²) in [4.78, 5) is 40.8. The van der Waals surface area contributed by atoms with Gasteiger partial charge in [-0.3, -0.25) is 18.7 Å². The molecular formula is C19H20N4O4. The van der Waals surface area contributed by atoms with Crippen molar-refractivity contribution in [3.05, 3.63) is 62.9 Å². The average Bonchev–Trinajstić information content (AvgIpc) is 2.64. The van der Waals surface area contributed by atoms with Crippen molar-refractivity contribution in [1.29, 1.82) is 0 Å². The SMILES string of the molecule is Cc1cccc(OC(C)C(=O)Nc2cnc3c(c2)c(=O)n(C)c(=O)n3C)c1. The van der Waals surface area contributed by atoms with Crippen molar-refractivity contribution in [2.45, 2.75) is 20.0 Å². The molecule has 2 aromatic heterocycles. The number of anilines is 1. The van der Waals surface area contributed by atoms with Crippen LogP contribution in [-0.4, -0.2) is 26.1 Å². The highest BCUT2D eigenvalue weighted by atomic mass is 16.5. The third-order valence-electron chi connectivity index (χ3n) is 4.23. The Morgan fingerprint density at radius 1 is 1.19 bits per heavy atom. The Morgan fingerprint density at radius 3 is 2.63 bits per heavy atom. The van der Waals surface area contributed by atoms with Crippen LogP contribution in [0, 0.1) is 6.92 Å². The van der Waals surface area contributed by atoms with E-state index in [2.05, 4.69) is 10.3 Å². The largest absolute Gasteiger partial charge is 0.481 e. The summed E-state index contributed by atoms with van der Waals surface area (Å²) < 4.78 is 7.93. The van der Waals surface area contributed by atoms with Gasteiger partial charge in [-0.1, -0.05) is 12.1 Å². The van der Waals surface area contributed by atoms with Gasteiger partial charge < -0.3 is 10.1 Å². The third-order valence-corrected chi connectivity index (χ3v) is 4.23. The second-order valence-corrected chi connectivity index (χ2v) is 6.37. The number of nitrogens with zero attached hydrogens (tertiary/aromatic N) is 3. The van der Waals surface area contributed by atoms with Gasteiger partial charge in [0.05, 0.1) is 17.3 Å². The van der Waals surface area contributed by atoms with E-state index in [0.717, 1.165) is 10.1 Å². The second kappa shape index (κ2) is 7.06. The van der Waals surface area contributed by atoms with Gasteiger partial charge in [0.15, 0.2) is 6.10 Å². The van der Waals surface area contributed by atoms with Crippen LogP contribution in [0.2, 0.25) is 0 Å². The van der Waals surface area contributed by atoms with Crippen LogP contribution in [0.3, 0.4) is 0 Å². The molecule has 0 saturated heterocycles. The van der Waals surface area contributed by atoms with Crippen LogP contribution < -0.4 is 21.3 Å². The van der Waals surface area contributed by atoms with Crippen molar-refractivity contribution in [1.82, 2.24) is 14.1 Å². The van der Waals surface area contributed by atoms with Gasteiger partial charge in [0, 0.05) is 14.1 Å². The zero-order valence-corrected chi connectivity index (χ0v) is 15.5. The maximum Gasteiger partial charge on any atom is 0.332 e. The summed E-state index contributed by atoms with van der Waals surface area (Å²) in [5, 5.41) is 2.93. The number of hydrogen-bond acceptors (Lipinski definition) is 5.